The molecule has 1 aromatic heterocycles. The summed E-state index contributed by atoms with van der Waals surface area (Å²) in [4.78, 5) is 14.6. The van der Waals surface area contributed by atoms with Crippen LogP contribution < -0.4 is 5.32 Å². The summed E-state index contributed by atoms with van der Waals surface area (Å²) in [5.41, 5.74) is 0.456. The summed E-state index contributed by atoms with van der Waals surface area (Å²) >= 11 is 1.32. The zero-order valence-electron chi connectivity index (χ0n) is 10.8. The molecule has 19 heavy (non-hydrogen) atoms. The maximum absolute atomic E-state index is 12.7. The van der Waals surface area contributed by atoms with Crippen molar-refractivity contribution in [3.8, 4) is 0 Å². The van der Waals surface area contributed by atoms with Crippen molar-refractivity contribution in [1.82, 2.24) is 19.8 Å². The first kappa shape index (κ1) is 12.7. The van der Waals surface area contributed by atoms with Gasteiger partial charge in [-0.3, -0.25) is 10.1 Å². The standard InChI is InChI=1S/C13H18N4OS/c1-2-8-17-11(10-9-19-16-15-10)14-13(12(17)18)6-4-3-5-7-13/h2,9,11,14H,1,3-8H2/t11-/m0/s1. The molecule has 0 radical (unpaired) electrons. The van der Waals surface area contributed by atoms with Crippen molar-refractivity contribution >= 4 is 17.4 Å². The molecule has 5 nitrogen and oxygen atoms in total. The lowest BCUT2D eigenvalue weighted by Crippen LogP contribution is -2.48. The fourth-order valence-electron chi connectivity index (χ4n) is 3.16. The lowest BCUT2D eigenvalue weighted by Gasteiger charge is -2.31. The smallest absolute Gasteiger partial charge is 0.244 e. The third-order valence-electron chi connectivity index (χ3n) is 4.08. The van der Waals surface area contributed by atoms with E-state index in [2.05, 4.69) is 21.5 Å². The Morgan fingerprint density at radius 1 is 1.53 bits per heavy atom. The van der Waals surface area contributed by atoms with Gasteiger partial charge in [-0.1, -0.05) is 29.8 Å². The van der Waals surface area contributed by atoms with Gasteiger partial charge >= 0.3 is 0 Å². The molecule has 0 aromatic carbocycles. The van der Waals surface area contributed by atoms with E-state index in [0.717, 1.165) is 31.4 Å². The molecule has 1 spiro atoms. The number of hydrogen-bond acceptors (Lipinski definition) is 5. The molecule has 2 aliphatic rings. The molecule has 1 amide bonds. The molecular weight excluding hydrogens is 260 g/mol. The number of amides is 1. The Balaban J connectivity index is 1.91. The Hall–Kier alpha value is -1.27. The first-order valence-corrected chi connectivity index (χ1v) is 7.57. The van der Waals surface area contributed by atoms with Crippen LogP contribution in [0.15, 0.2) is 18.0 Å². The van der Waals surface area contributed by atoms with Gasteiger partial charge < -0.3 is 4.90 Å². The van der Waals surface area contributed by atoms with Crippen molar-refractivity contribution in [1.29, 1.82) is 0 Å². The summed E-state index contributed by atoms with van der Waals surface area (Å²) in [6.07, 6.45) is 6.92. The molecule has 0 unspecified atom stereocenters. The fourth-order valence-corrected chi connectivity index (χ4v) is 3.63. The van der Waals surface area contributed by atoms with E-state index in [0.29, 0.717) is 6.54 Å². The van der Waals surface area contributed by atoms with Crippen LogP contribution in [-0.2, 0) is 4.79 Å². The van der Waals surface area contributed by atoms with Crippen molar-refractivity contribution in [3.63, 3.8) is 0 Å². The first-order valence-electron chi connectivity index (χ1n) is 6.73. The number of rotatable bonds is 3. The monoisotopic (exact) mass is 278 g/mol. The van der Waals surface area contributed by atoms with Crippen LogP contribution in [0.1, 0.15) is 44.0 Å². The van der Waals surface area contributed by atoms with Gasteiger partial charge in [0.05, 0.1) is 5.54 Å². The maximum Gasteiger partial charge on any atom is 0.244 e. The van der Waals surface area contributed by atoms with Crippen LogP contribution in [0.4, 0.5) is 0 Å². The highest BCUT2D eigenvalue weighted by molar-refractivity contribution is 7.03. The van der Waals surface area contributed by atoms with E-state index in [4.69, 9.17) is 0 Å². The Labute approximate surface area is 116 Å². The highest BCUT2D eigenvalue weighted by atomic mass is 32.1. The van der Waals surface area contributed by atoms with E-state index < -0.39 is 0 Å². The predicted octanol–water partition coefficient (Wildman–Crippen LogP) is 1.86. The lowest BCUT2D eigenvalue weighted by molar-refractivity contribution is -0.133. The zero-order valence-corrected chi connectivity index (χ0v) is 11.7. The van der Waals surface area contributed by atoms with E-state index in [1.807, 2.05) is 10.3 Å². The minimum atomic E-state index is -0.379. The Morgan fingerprint density at radius 3 is 2.95 bits per heavy atom. The molecule has 6 heteroatoms. The average molecular weight is 278 g/mol. The molecule has 1 saturated heterocycles. The van der Waals surface area contributed by atoms with Crippen LogP contribution in [0.5, 0.6) is 0 Å². The number of carbonyl (C=O) groups excluding carboxylic acids is 1. The topological polar surface area (TPSA) is 58.1 Å². The Bertz CT molecular complexity index is 467. The third kappa shape index (κ3) is 2.08. The van der Waals surface area contributed by atoms with Gasteiger partial charge in [0.1, 0.15) is 11.9 Å². The molecule has 2 fully saturated rings. The van der Waals surface area contributed by atoms with Gasteiger partial charge in [0.15, 0.2) is 0 Å². The van der Waals surface area contributed by atoms with Gasteiger partial charge in [0.25, 0.3) is 0 Å². The van der Waals surface area contributed by atoms with E-state index >= 15 is 0 Å². The highest BCUT2D eigenvalue weighted by Gasteiger charge is 2.51. The average Bonchev–Trinajstić information content (AvgIpc) is 3.03. The summed E-state index contributed by atoms with van der Waals surface area (Å²) in [7, 11) is 0. The molecule has 1 aromatic rings. The Kier molecular flexibility index (Phi) is 3.36. The highest BCUT2D eigenvalue weighted by Crippen LogP contribution is 2.39. The quantitative estimate of drug-likeness (QED) is 0.857. The fraction of sp³-hybridized carbons (Fsp3) is 0.615. The molecular formula is C13H18N4OS. The number of carbonyl (C=O) groups is 1. The zero-order chi connectivity index (χ0) is 13.3. The first-order chi connectivity index (χ1) is 9.27. The second-order valence-electron chi connectivity index (χ2n) is 5.27. The van der Waals surface area contributed by atoms with Crippen LogP contribution in [0, 0.1) is 0 Å². The van der Waals surface area contributed by atoms with Gasteiger partial charge in [-0.25, -0.2) is 0 Å². The molecule has 1 aliphatic heterocycles. The van der Waals surface area contributed by atoms with Crippen molar-refractivity contribution in [2.24, 2.45) is 0 Å². The molecule has 102 valence electrons. The lowest BCUT2D eigenvalue weighted by atomic mass is 9.81. The van der Waals surface area contributed by atoms with Crippen LogP contribution >= 0.6 is 11.5 Å². The molecule has 1 saturated carbocycles. The normalized spacial score (nSPS) is 26.0. The number of nitrogens with one attached hydrogen (secondary N) is 1. The molecule has 1 N–H and O–H groups in total. The molecule has 3 rings (SSSR count). The van der Waals surface area contributed by atoms with E-state index in [1.165, 1.54) is 18.0 Å². The van der Waals surface area contributed by atoms with Gasteiger partial charge in [0.2, 0.25) is 5.91 Å². The van der Waals surface area contributed by atoms with Gasteiger partial charge in [0, 0.05) is 11.9 Å². The van der Waals surface area contributed by atoms with Crippen molar-refractivity contribution in [3.05, 3.63) is 23.7 Å². The minimum Gasteiger partial charge on any atom is -0.316 e. The summed E-state index contributed by atoms with van der Waals surface area (Å²) in [5, 5.41) is 9.55. The number of nitrogens with zero attached hydrogens (tertiary/aromatic N) is 3. The second-order valence-corrected chi connectivity index (χ2v) is 5.88. The number of aromatic nitrogens is 2. The van der Waals surface area contributed by atoms with Crippen LogP contribution in [0.2, 0.25) is 0 Å². The molecule has 2 heterocycles. The summed E-state index contributed by atoms with van der Waals surface area (Å²) < 4.78 is 3.91. The second kappa shape index (κ2) is 5.02. The van der Waals surface area contributed by atoms with Gasteiger partial charge in [-0.15, -0.1) is 11.7 Å². The van der Waals surface area contributed by atoms with Crippen LogP contribution in [0.25, 0.3) is 0 Å². The van der Waals surface area contributed by atoms with Crippen molar-refractivity contribution in [2.75, 3.05) is 6.54 Å². The van der Waals surface area contributed by atoms with Gasteiger partial charge in [-0.05, 0) is 24.4 Å². The van der Waals surface area contributed by atoms with Crippen molar-refractivity contribution < 1.29 is 4.79 Å². The maximum atomic E-state index is 12.7. The predicted molar refractivity (Wildman–Crippen MR) is 73.5 cm³/mol. The van der Waals surface area contributed by atoms with E-state index in [-0.39, 0.29) is 17.6 Å². The number of hydrogen-bond donors (Lipinski definition) is 1. The molecule has 0 bridgehead atoms. The molecule has 1 atom stereocenters. The Morgan fingerprint density at radius 2 is 2.32 bits per heavy atom. The largest absolute Gasteiger partial charge is 0.316 e. The van der Waals surface area contributed by atoms with Gasteiger partial charge in [-0.2, -0.15) is 0 Å². The summed E-state index contributed by atoms with van der Waals surface area (Å²) in [6.45, 7) is 4.30. The van der Waals surface area contributed by atoms with E-state index in [1.54, 1.807) is 6.08 Å². The SMILES string of the molecule is C=CCN1C(=O)C2(CCCCC2)N[C@@H]1c1csnn1. The van der Waals surface area contributed by atoms with Crippen LogP contribution in [-0.4, -0.2) is 32.5 Å². The third-order valence-corrected chi connectivity index (χ3v) is 4.61. The summed E-state index contributed by atoms with van der Waals surface area (Å²) in [5.74, 6) is 0.199. The van der Waals surface area contributed by atoms with Crippen LogP contribution in [0.3, 0.4) is 0 Å². The van der Waals surface area contributed by atoms with E-state index in [9.17, 15) is 4.79 Å². The molecule has 1 aliphatic carbocycles. The van der Waals surface area contributed by atoms with Crippen molar-refractivity contribution in [2.45, 2.75) is 43.8 Å². The summed E-state index contributed by atoms with van der Waals surface area (Å²) in [6, 6.07) is 0. The minimum absolute atomic E-state index is 0.151.